The molecule has 0 bridgehead atoms. The second kappa shape index (κ2) is 11.4. The number of carboxylic acid groups (broad SMARTS) is 1. The Kier molecular flexibility index (Phi) is 8.61. The number of hydrogen-bond acceptors (Lipinski definition) is 5. The number of nitrogens with one attached hydrogen (secondary N) is 1. The minimum atomic E-state index is -1.04. The molecule has 8 heteroatoms. The fraction of sp³-hybridized carbons (Fsp3) is 0.423. The van der Waals surface area contributed by atoms with E-state index in [2.05, 4.69) is 29.6 Å². The first-order valence-corrected chi connectivity index (χ1v) is 12.7. The van der Waals surface area contributed by atoms with Crippen molar-refractivity contribution in [3.63, 3.8) is 0 Å². The van der Waals surface area contributed by atoms with E-state index in [0.29, 0.717) is 18.7 Å². The molecule has 1 aliphatic carbocycles. The van der Waals surface area contributed by atoms with Crippen LogP contribution < -0.4 is 5.32 Å². The van der Waals surface area contributed by atoms with Gasteiger partial charge in [-0.3, -0.25) is 9.59 Å². The lowest BCUT2D eigenvalue weighted by atomic mass is 9.98. The maximum Gasteiger partial charge on any atom is 0.407 e. The molecule has 2 N–H and O–H groups in total. The van der Waals surface area contributed by atoms with Gasteiger partial charge in [0.05, 0.1) is 0 Å². The summed E-state index contributed by atoms with van der Waals surface area (Å²) in [4.78, 5) is 37.6. The van der Waals surface area contributed by atoms with Gasteiger partial charge in [-0.15, -0.1) is 0 Å². The van der Waals surface area contributed by atoms with E-state index in [1.807, 2.05) is 44.4 Å². The molecule has 0 heterocycles. The molecule has 0 saturated heterocycles. The van der Waals surface area contributed by atoms with Gasteiger partial charge in [-0.1, -0.05) is 48.5 Å². The SMILES string of the molecule is CSCCN(CC(=O)O)C(=O)CCC(C)(C)NC(=O)OCC1c2ccccc2-c2ccccc21. The highest BCUT2D eigenvalue weighted by Gasteiger charge is 2.30. The predicted molar refractivity (Wildman–Crippen MR) is 134 cm³/mol. The summed E-state index contributed by atoms with van der Waals surface area (Å²) in [5, 5.41) is 11.9. The molecule has 0 radical (unpaired) electrons. The minimum absolute atomic E-state index is 0.0242. The zero-order chi connectivity index (χ0) is 24.7. The second-order valence-electron chi connectivity index (χ2n) is 9.04. The summed E-state index contributed by atoms with van der Waals surface area (Å²) in [6.07, 6.45) is 1.87. The van der Waals surface area contributed by atoms with Gasteiger partial charge in [0.1, 0.15) is 13.2 Å². The number of alkyl carbamates (subject to hydrolysis) is 1. The van der Waals surface area contributed by atoms with Crippen molar-refractivity contribution in [1.29, 1.82) is 0 Å². The van der Waals surface area contributed by atoms with Crippen molar-refractivity contribution in [2.75, 3.05) is 31.7 Å². The lowest BCUT2D eigenvalue weighted by molar-refractivity contribution is -0.144. The summed E-state index contributed by atoms with van der Waals surface area (Å²) in [5.74, 6) is -0.631. The van der Waals surface area contributed by atoms with Crippen LogP contribution in [0, 0.1) is 0 Å². The number of hydrogen-bond donors (Lipinski definition) is 2. The summed E-state index contributed by atoms with van der Waals surface area (Å²) < 4.78 is 5.61. The van der Waals surface area contributed by atoms with E-state index >= 15 is 0 Å². The molecular weight excluding hydrogens is 452 g/mol. The summed E-state index contributed by atoms with van der Waals surface area (Å²) in [6.45, 7) is 3.93. The summed E-state index contributed by atoms with van der Waals surface area (Å²) in [6, 6.07) is 16.3. The largest absolute Gasteiger partial charge is 0.480 e. The lowest BCUT2D eigenvalue weighted by Gasteiger charge is -2.28. The van der Waals surface area contributed by atoms with Crippen LogP contribution in [0.4, 0.5) is 4.79 Å². The molecule has 0 saturated carbocycles. The number of carboxylic acids is 1. The Balaban J connectivity index is 1.54. The number of amides is 2. The normalized spacial score (nSPS) is 12.6. The molecule has 2 amide bonds. The van der Waals surface area contributed by atoms with Crippen LogP contribution in [-0.4, -0.2) is 65.2 Å². The van der Waals surface area contributed by atoms with Gasteiger partial charge < -0.3 is 20.1 Å². The molecule has 0 spiro atoms. The molecule has 0 unspecified atom stereocenters. The minimum Gasteiger partial charge on any atom is -0.480 e. The zero-order valence-electron chi connectivity index (χ0n) is 19.9. The molecule has 0 aliphatic heterocycles. The standard InChI is InChI=1S/C26H32N2O5S/c1-26(2,13-12-23(29)28(14-15-34-3)16-24(30)31)27-25(32)33-17-22-20-10-6-4-8-18(20)19-9-5-7-11-21(19)22/h4-11,22H,12-17H2,1-3H3,(H,27,32)(H,30,31). The highest BCUT2D eigenvalue weighted by Crippen LogP contribution is 2.44. The van der Waals surface area contributed by atoms with E-state index in [9.17, 15) is 14.4 Å². The number of thioether (sulfide) groups is 1. The summed E-state index contributed by atoms with van der Waals surface area (Å²) in [5.41, 5.74) is 3.93. The van der Waals surface area contributed by atoms with Crippen LogP contribution in [0.15, 0.2) is 48.5 Å². The Bertz CT molecular complexity index is 994. The summed E-state index contributed by atoms with van der Waals surface area (Å²) >= 11 is 1.55. The number of carbonyl (C=O) groups is 3. The van der Waals surface area contributed by atoms with E-state index in [4.69, 9.17) is 9.84 Å². The Morgan fingerprint density at radius 2 is 1.65 bits per heavy atom. The molecule has 0 fully saturated rings. The van der Waals surface area contributed by atoms with Crippen LogP contribution in [0.25, 0.3) is 11.1 Å². The number of benzene rings is 2. The maximum absolute atomic E-state index is 12.6. The van der Waals surface area contributed by atoms with E-state index in [1.54, 1.807) is 11.8 Å². The first-order chi connectivity index (χ1) is 16.2. The molecule has 182 valence electrons. The average molecular weight is 485 g/mol. The fourth-order valence-electron chi connectivity index (χ4n) is 4.21. The van der Waals surface area contributed by atoms with E-state index in [1.165, 1.54) is 16.0 Å². The Morgan fingerprint density at radius 3 is 2.21 bits per heavy atom. The van der Waals surface area contributed by atoms with E-state index in [0.717, 1.165) is 11.1 Å². The monoisotopic (exact) mass is 484 g/mol. The van der Waals surface area contributed by atoms with Crippen LogP contribution in [0.3, 0.4) is 0 Å². The van der Waals surface area contributed by atoms with Crippen molar-refractivity contribution in [3.8, 4) is 11.1 Å². The molecule has 3 rings (SSSR count). The Hall–Kier alpha value is -3.00. The molecule has 0 atom stereocenters. The highest BCUT2D eigenvalue weighted by atomic mass is 32.2. The van der Waals surface area contributed by atoms with Crippen LogP contribution >= 0.6 is 11.8 Å². The third-order valence-corrected chi connectivity index (χ3v) is 6.58. The number of ether oxygens (including phenoxy) is 1. The summed E-state index contributed by atoms with van der Waals surface area (Å²) in [7, 11) is 0. The molecule has 34 heavy (non-hydrogen) atoms. The molecular formula is C26H32N2O5S. The quantitative estimate of drug-likeness (QED) is 0.492. The van der Waals surface area contributed by atoms with Gasteiger partial charge in [-0.05, 0) is 48.8 Å². The number of fused-ring (bicyclic) bond motifs is 3. The average Bonchev–Trinajstić information content (AvgIpc) is 3.12. The third kappa shape index (κ3) is 6.53. The van der Waals surface area contributed by atoms with Crippen molar-refractivity contribution < 1.29 is 24.2 Å². The number of carbonyl (C=O) groups excluding carboxylic acids is 2. The fourth-order valence-corrected chi connectivity index (χ4v) is 4.61. The first-order valence-electron chi connectivity index (χ1n) is 11.3. The smallest absolute Gasteiger partial charge is 0.407 e. The topological polar surface area (TPSA) is 95.9 Å². The maximum atomic E-state index is 12.6. The van der Waals surface area contributed by atoms with E-state index < -0.39 is 17.6 Å². The first kappa shape index (κ1) is 25.6. The van der Waals surface area contributed by atoms with Gasteiger partial charge in [-0.25, -0.2) is 4.79 Å². The van der Waals surface area contributed by atoms with Gasteiger partial charge in [-0.2, -0.15) is 11.8 Å². The molecule has 7 nitrogen and oxygen atoms in total. The van der Waals surface area contributed by atoms with Crippen molar-refractivity contribution in [1.82, 2.24) is 10.2 Å². The highest BCUT2D eigenvalue weighted by molar-refractivity contribution is 7.98. The van der Waals surface area contributed by atoms with Crippen LogP contribution in [-0.2, 0) is 14.3 Å². The van der Waals surface area contributed by atoms with E-state index in [-0.39, 0.29) is 31.4 Å². The second-order valence-corrected chi connectivity index (χ2v) is 10.0. The van der Waals surface area contributed by atoms with Crippen molar-refractivity contribution in [2.24, 2.45) is 0 Å². The molecule has 2 aromatic rings. The van der Waals surface area contributed by atoms with Gasteiger partial charge in [0.15, 0.2) is 0 Å². The van der Waals surface area contributed by atoms with Gasteiger partial charge in [0.25, 0.3) is 0 Å². The molecule has 0 aromatic heterocycles. The van der Waals surface area contributed by atoms with Gasteiger partial charge in [0, 0.05) is 30.2 Å². The van der Waals surface area contributed by atoms with Crippen molar-refractivity contribution in [3.05, 3.63) is 59.7 Å². The van der Waals surface area contributed by atoms with Crippen molar-refractivity contribution >= 4 is 29.7 Å². The predicted octanol–water partition coefficient (Wildman–Crippen LogP) is 4.36. The van der Waals surface area contributed by atoms with Crippen molar-refractivity contribution in [2.45, 2.75) is 38.1 Å². The van der Waals surface area contributed by atoms with Crippen LogP contribution in [0.5, 0.6) is 0 Å². The van der Waals surface area contributed by atoms with Crippen LogP contribution in [0.2, 0.25) is 0 Å². The lowest BCUT2D eigenvalue weighted by Crippen LogP contribution is -2.45. The van der Waals surface area contributed by atoms with Crippen LogP contribution in [0.1, 0.15) is 43.7 Å². The van der Waals surface area contributed by atoms with Gasteiger partial charge >= 0.3 is 12.1 Å². The third-order valence-electron chi connectivity index (χ3n) is 5.99. The Morgan fingerprint density at radius 1 is 1.06 bits per heavy atom. The Labute approximate surface area is 204 Å². The van der Waals surface area contributed by atoms with Gasteiger partial charge in [0.2, 0.25) is 5.91 Å². The molecule has 1 aliphatic rings. The number of rotatable bonds is 11. The number of nitrogens with zero attached hydrogens (tertiary/aromatic N) is 1. The number of aliphatic carboxylic acids is 1. The zero-order valence-corrected chi connectivity index (χ0v) is 20.7. The molecule has 2 aromatic carbocycles.